The predicted octanol–water partition coefficient (Wildman–Crippen LogP) is 3.08. The van der Waals surface area contributed by atoms with Crippen LogP contribution in [0.1, 0.15) is 0 Å². The van der Waals surface area contributed by atoms with Crippen molar-refractivity contribution in [2.75, 3.05) is 0 Å². The fourth-order valence-corrected chi connectivity index (χ4v) is 2.30. The van der Waals surface area contributed by atoms with E-state index in [0.29, 0.717) is 0 Å². The van der Waals surface area contributed by atoms with Crippen molar-refractivity contribution in [1.29, 1.82) is 0 Å². The normalized spacial score (nSPS) is 12.0. The summed E-state index contributed by atoms with van der Waals surface area (Å²) < 4.78 is 2.26. The minimum Gasteiger partial charge on any atom is -0.308 e. The van der Waals surface area contributed by atoms with Gasteiger partial charge in [0.05, 0.1) is 11.0 Å². The average Bonchev–Trinajstić information content (AvgIpc) is 2.71. The van der Waals surface area contributed by atoms with Crippen molar-refractivity contribution in [3.8, 4) is 0 Å². The Morgan fingerprint density at radius 3 is 2.53 bits per heavy atom. The van der Waals surface area contributed by atoms with Gasteiger partial charge < -0.3 is 4.40 Å². The van der Waals surface area contributed by atoms with Crippen molar-refractivity contribution < 1.29 is 0 Å². The molecule has 0 unspecified atom stereocenters. The lowest BCUT2D eigenvalue weighted by Gasteiger charge is -2.07. The van der Waals surface area contributed by atoms with Gasteiger partial charge in [-0.3, -0.25) is 4.98 Å². The maximum Gasteiger partial charge on any atom is 0.0877 e. The van der Waals surface area contributed by atoms with E-state index in [1.54, 1.807) is 0 Å². The molecule has 4 heterocycles. The molecular weight excluding hydrogens is 184 g/mol. The molecule has 0 aliphatic carbocycles. The summed E-state index contributed by atoms with van der Waals surface area (Å²) in [6.07, 6.45) is 1.93. The summed E-state index contributed by atoms with van der Waals surface area (Å²) in [6, 6.07) is 14.8. The molecule has 0 saturated carbocycles. The first-order chi connectivity index (χ1) is 7.43. The molecule has 4 aromatic heterocycles. The van der Waals surface area contributed by atoms with Crippen LogP contribution < -0.4 is 0 Å². The van der Waals surface area contributed by atoms with Crippen LogP contribution in [0.3, 0.4) is 0 Å². The highest BCUT2D eigenvalue weighted by Gasteiger charge is 2.06. The summed E-state index contributed by atoms with van der Waals surface area (Å²) in [4.78, 5) is 4.40. The molecule has 0 spiro atoms. The third kappa shape index (κ3) is 0.773. The monoisotopic (exact) mass is 192 g/mol. The van der Waals surface area contributed by atoms with E-state index in [1.807, 2.05) is 6.20 Å². The lowest BCUT2D eigenvalue weighted by molar-refractivity contribution is 1.29. The zero-order chi connectivity index (χ0) is 9.83. The van der Waals surface area contributed by atoms with E-state index in [9.17, 15) is 0 Å². The third-order valence-corrected chi connectivity index (χ3v) is 2.98. The van der Waals surface area contributed by atoms with Gasteiger partial charge in [-0.05, 0) is 36.4 Å². The van der Waals surface area contributed by atoms with Gasteiger partial charge in [-0.1, -0.05) is 6.07 Å². The standard InChI is InChI=1S/C13H8N2/c1-2-10-5-4-9-8-14-12-7-6-11(3-1)15(10)13(9)12/h1-8H. The first kappa shape index (κ1) is 7.23. The van der Waals surface area contributed by atoms with Gasteiger partial charge in [0.25, 0.3) is 0 Å². The molecule has 4 aromatic rings. The van der Waals surface area contributed by atoms with Gasteiger partial charge in [-0.2, -0.15) is 0 Å². The Kier molecular flexibility index (Phi) is 1.10. The van der Waals surface area contributed by atoms with E-state index < -0.39 is 0 Å². The number of hydrogen-bond donors (Lipinski definition) is 0. The Morgan fingerprint density at radius 1 is 0.867 bits per heavy atom. The number of nitrogens with zero attached hydrogens (tertiary/aromatic N) is 2. The van der Waals surface area contributed by atoms with Crippen LogP contribution >= 0.6 is 0 Å². The summed E-state index contributed by atoms with van der Waals surface area (Å²) in [7, 11) is 0. The van der Waals surface area contributed by atoms with Crippen molar-refractivity contribution in [2.45, 2.75) is 0 Å². The third-order valence-electron chi connectivity index (χ3n) is 2.98. The molecule has 0 fully saturated rings. The second-order valence-corrected chi connectivity index (χ2v) is 3.82. The van der Waals surface area contributed by atoms with Crippen LogP contribution in [0.15, 0.2) is 48.7 Å². The molecule has 70 valence electrons. The molecule has 4 rings (SSSR count). The van der Waals surface area contributed by atoms with E-state index in [0.717, 1.165) is 5.52 Å². The first-order valence-electron chi connectivity index (χ1n) is 5.01. The smallest absolute Gasteiger partial charge is 0.0877 e. The second kappa shape index (κ2) is 2.28. The van der Waals surface area contributed by atoms with Crippen molar-refractivity contribution >= 4 is 27.5 Å². The topological polar surface area (TPSA) is 17.3 Å². The fraction of sp³-hybridized carbons (Fsp3) is 0. The summed E-state index contributed by atoms with van der Waals surface area (Å²) in [6.45, 7) is 0. The SMILES string of the molecule is c1cc2ccc3cnc4ccc(c1)n2c34. The number of aromatic nitrogens is 2. The Bertz CT molecular complexity index is 707. The maximum absolute atomic E-state index is 4.40. The Hall–Kier alpha value is -2.09. The predicted molar refractivity (Wildman–Crippen MR) is 61.4 cm³/mol. The zero-order valence-electron chi connectivity index (χ0n) is 8.01. The van der Waals surface area contributed by atoms with Gasteiger partial charge in [-0.15, -0.1) is 0 Å². The fourth-order valence-electron chi connectivity index (χ4n) is 2.30. The Labute approximate surface area is 86.1 Å². The van der Waals surface area contributed by atoms with Gasteiger partial charge in [-0.25, -0.2) is 0 Å². The van der Waals surface area contributed by atoms with Crippen LogP contribution in [-0.2, 0) is 0 Å². The zero-order valence-corrected chi connectivity index (χ0v) is 8.01. The molecule has 0 aliphatic heterocycles. The van der Waals surface area contributed by atoms with Crippen LogP contribution in [0.5, 0.6) is 0 Å². The van der Waals surface area contributed by atoms with Crippen molar-refractivity contribution in [3.05, 3.63) is 48.7 Å². The van der Waals surface area contributed by atoms with Crippen LogP contribution in [-0.4, -0.2) is 9.38 Å². The molecule has 0 N–H and O–H groups in total. The van der Waals surface area contributed by atoms with Crippen molar-refractivity contribution in [2.24, 2.45) is 0 Å². The number of rotatable bonds is 0. The Balaban J connectivity index is 2.54. The highest BCUT2D eigenvalue weighted by atomic mass is 14.9. The van der Waals surface area contributed by atoms with Crippen LogP contribution in [0.25, 0.3) is 27.5 Å². The lowest BCUT2D eigenvalue weighted by atomic mass is 10.2. The van der Waals surface area contributed by atoms with E-state index in [4.69, 9.17) is 0 Å². The highest BCUT2D eigenvalue weighted by molar-refractivity contribution is 5.98. The van der Waals surface area contributed by atoms with Gasteiger partial charge in [0.15, 0.2) is 0 Å². The minimum atomic E-state index is 1.07. The molecule has 0 amide bonds. The minimum absolute atomic E-state index is 1.07. The van der Waals surface area contributed by atoms with Gasteiger partial charge >= 0.3 is 0 Å². The second-order valence-electron chi connectivity index (χ2n) is 3.82. The highest BCUT2D eigenvalue weighted by Crippen LogP contribution is 2.25. The summed E-state index contributed by atoms with van der Waals surface area (Å²) in [5, 5.41) is 1.21. The average molecular weight is 192 g/mol. The van der Waals surface area contributed by atoms with E-state index in [-0.39, 0.29) is 0 Å². The van der Waals surface area contributed by atoms with E-state index >= 15 is 0 Å². The van der Waals surface area contributed by atoms with Crippen molar-refractivity contribution in [3.63, 3.8) is 0 Å². The van der Waals surface area contributed by atoms with Crippen molar-refractivity contribution in [1.82, 2.24) is 9.38 Å². The van der Waals surface area contributed by atoms with Gasteiger partial charge in [0.2, 0.25) is 0 Å². The molecule has 0 radical (unpaired) electrons. The summed E-state index contributed by atoms with van der Waals surface area (Å²) in [5.74, 6) is 0. The van der Waals surface area contributed by atoms with E-state index in [2.05, 4.69) is 51.8 Å². The molecule has 0 aromatic carbocycles. The Morgan fingerprint density at radius 2 is 1.67 bits per heavy atom. The summed E-state index contributed by atoms with van der Waals surface area (Å²) in [5.41, 5.74) is 4.74. The van der Waals surface area contributed by atoms with Gasteiger partial charge in [0, 0.05) is 22.6 Å². The number of pyridine rings is 3. The first-order valence-corrected chi connectivity index (χ1v) is 5.01. The van der Waals surface area contributed by atoms with E-state index in [1.165, 1.54) is 21.9 Å². The molecule has 0 saturated heterocycles. The largest absolute Gasteiger partial charge is 0.308 e. The summed E-state index contributed by atoms with van der Waals surface area (Å²) >= 11 is 0. The molecule has 0 atom stereocenters. The quantitative estimate of drug-likeness (QED) is 0.418. The maximum atomic E-state index is 4.40. The number of hydrogen-bond acceptors (Lipinski definition) is 1. The van der Waals surface area contributed by atoms with Crippen LogP contribution in [0.4, 0.5) is 0 Å². The molecule has 15 heavy (non-hydrogen) atoms. The van der Waals surface area contributed by atoms with Gasteiger partial charge in [0.1, 0.15) is 0 Å². The lowest BCUT2D eigenvalue weighted by Crippen LogP contribution is -1.92. The molecule has 2 nitrogen and oxygen atoms in total. The molecule has 0 bridgehead atoms. The molecule has 2 heteroatoms. The van der Waals surface area contributed by atoms with Crippen LogP contribution in [0.2, 0.25) is 0 Å². The molecular formula is C13H8N2. The van der Waals surface area contributed by atoms with Crippen LogP contribution in [0, 0.1) is 0 Å². The molecule has 0 aliphatic rings.